The van der Waals surface area contributed by atoms with Crippen molar-refractivity contribution in [3.63, 3.8) is 0 Å². The Hall–Kier alpha value is -2.21. The van der Waals surface area contributed by atoms with E-state index in [4.69, 9.17) is 4.74 Å². The van der Waals surface area contributed by atoms with E-state index in [1.165, 1.54) is 18.3 Å². The summed E-state index contributed by atoms with van der Waals surface area (Å²) in [4.78, 5) is 30.3. The smallest absolute Gasteiger partial charge is 0.259 e. The van der Waals surface area contributed by atoms with Crippen molar-refractivity contribution in [2.75, 3.05) is 14.2 Å². The molecule has 0 bridgehead atoms. The highest BCUT2D eigenvalue weighted by Crippen LogP contribution is 2.53. The zero-order chi connectivity index (χ0) is 19.4. The highest BCUT2D eigenvalue weighted by molar-refractivity contribution is 5.97. The molecule has 1 heterocycles. The number of aryl methyl sites for hydroxylation is 1. The van der Waals surface area contributed by atoms with Crippen molar-refractivity contribution >= 4 is 16.8 Å². The normalized spacial score (nSPS) is 24.3. The summed E-state index contributed by atoms with van der Waals surface area (Å²) in [5.41, 5.74) is 0.171. The summed E-state index contributed by atoms with van der Waals surface area (Å²) in [6.07, 6.45) is 2.12. The molecule has 1 aromatic heterocycles. The minimum atomic E-state index is -0.491. The van der Waals surface area contributed by atoms with Crippen molar-refractivity contribution in [3.8, 4) is 0 Å². The summed E-state index contributed by atoms with van der Waals surface area (Å²) in [6, 6.07) is 2.48. The van der Waals surface area contributed by atoms with E-state index in [1.54, 1.807) is 26.0 Å². The number of fused-ring (bicyclic) bond motifs is 1. The van der Waals surface area contributed by atoms with Gasteiger partial charge in [-0.1, -0.05) is 13.8 Å². The lowest BCUT2D eigenvalue weighted by Gasteiger charge is -2.61. The molecule has 0 radical (unpaired) electrons. The standard InChI is InChI=1S/C20H25FN2O3/c1-11-7-12(21)8-13-16(11)22-10-14(17(13)24)18(25)23(5)15-9-20(4,26-6)19(15,2)3/h7-8,10,15H,9H2,1-6H3,(H,22,24)/t15-,20-/m1/s1. The maximum atomic E-state index is 13.7. The van der Waals surface area contributed by atoms with Crippen LogP contribution < -0.4 is 5.43 Å². The summed E-state index contributed by atoms with van der Waals surface area (Å²) in [7, 11) is 3.37. The van der Waals surface area contributed by atoms with Gasteiger partial charge >= 0.3 is 0 Å². The van der Waals surface area contributed by atoms with Gasteiger partial charge < -0.3 is 14.6 Å². The average molecular weight is 360 g/mol. The van der Waals surface area contributed by atoms with Gasteiger partial charge in [-0.05, 0) is 38.0 Å². The van der Waals surface area contributed by atoms with Crippen molar-refractivity contribution in [1.29, 1.82) is 0 Å². The topological polar surface area (TPSA) is 62.4 Å². The first-order chi connectivity index (χ1) is 12.0. The van der Waals surface area contributed by atoms with Gasteiger partial charge in [0.25, 0.3) is 5.91 Å². The quantitative estimate of drug-likeness (QED) is 0.914. The summed E-state index contributed by atoms with van der Waals surface area (Å²) in [5.74, 6) is -0.860. The second-order valence-electron chi connectivity index (χ2n) is 7.97. The number of ether oxygens (including phenoxy) is 1. The lowest BCUT2D eigenvalue weighted by Crippen LogP contribution is -2.68. The van der Waals surface area contributed by atoms with Gasteiger partial charge in [-0.15, -0.1) is 0 Å². The highest BCUT2D eigenvalue weighted by Gasteiger charge is 2.59. The summed E-state index contributed by atoms with van der Waals surface area (Å²) in [5, 5.41) is 0.191. The van der Waals surface area contributed by atoms with Crippen molar-refractivity contribution in [1.82, 2.24) is 9.88 Å². The number of aromatic nitrogens is 1. The number of aromatic amines is 1. The third-order valence-corrected chi connectivity index (χ3v) is 6.40. The van der Waals surface area contributed by atoms with Crippen LogP contribution in [0.3, 0.4) is 0 Å². The largest absolute Gasteiger partial charge is 0.378 e. The Labute approximate surface area is 152 Å². The number of H-pyrrole nitrogens is 1. The Kier molecular flexibility index (Phi) is 4.22. The van der Waals surface area contributed by atoms with E-state index in [1.807, 2.05) is 6.92 Å². The molecular weight excluding hydrogens is 335 g/mol. The van der Waals surface area contributed by atoms with Gasteiger partial charge in [0.1, 0.15) is 11.4 Å². The number of methoxy groups -OCH3 is 1. The highest BCUT2D eigenvalue weighted by atomic mass is 19.1. The molecule has 0 spiro atoms. The molecule has 1 aliphatic rings. The van der Waals surface area contributed by atoms with Crippen molar-refractivity contribution in [2.24, 2.45) is 5.41 Å². The Morgan fingerprint density at radius 1 is 1.35 bits per heavy atom. The first kappa shape index (κ1) is 18.6. The third kappa shape index (κ3) is 2.47. The van der Waals surface area contributed by atoms with Crippen LogP contribution in [0.5, 0.6) is 0 Å². The van der Waals surface area contributed by atoms with Crippen LogP contribution in [0.2, 0.25) is 0 Å². The molecule has 3 rings (SSSR count). The van der Waals surface area contributed by atoms with Crippen LogP contribution in [0.15, 0.2) is 23.1 Å². The minimum Gasteiger partial charge on any atom is -0.378 e. The molecule has 1 N–H and O–H groups in total. The number of amides is 1. The number of nitrogens with zero attached hydrogens (tertiary/aromatic N) is 1. The lowest BCUT2D eigenvalue weighted by molar-refractivity contribution is -0.198. The molecule has 1 saturated carbocycles. The lowest BCUT2D eigenvalue weighted by atomic mass is 9.55. The van der Waals surface area contributed by atoms with Gasteiger partial charge in [0.2, 0.25) is 5.43 Å². The number of carbonyl (C=O) groups is 1. The first-order valence-electron chi connectivity index (χ1n) is 8.67. The average Bonchev–Trinajstić information content (AvgIpc) is 2.59. The molecule has 1 aliphatic carbocycles. The monoisotopic (exact) mass is 360 g/mol. The van der Waals surface area contributed by atoms with Gasteiger partial charge in [0.15, 0.2) is 0 Å². The molecule has 1 fully saturated rings. The predicted molar refractivity (Wildman–Crippen MR) is 99.0 cm³/mol. The Bertz CT molecular complexity index is 950. The Morgan fingerprint density at radius 3 is 2.58 bits per heavy atom. The maximum Gasteiger partial charge on any atom is 0.259 e. The van der Waals surface area contributed by atoms with Crippen molar-refractivity contribution in [2.45, 2.75) is 45.8 Å². The van der Waals surface area contributed by atoms with Crippen LogP contribution >= 0.6 is 0 Å². The van der Waals surface area contributed by atoms with Gasteiger partial charge in [-0.3, -0.25) is 9.59 Å². The van der Waals surface area contributed by atoms with E-state index < -0.39 is 11.2 Å². The zero-order valence-electron chi connectivity index (χ0n) is 16.1. The number of benzene rings is 1. The van der Waals surface area contributed by atoms with Crippen molar-refractivity contribution < 1.29 is 13.9 Å². The molecular formula is C20H25FN2O3. The van der Waals surface area contributed by atoms with Gasteiger partial charge in [0, 0.05) is 37.2 Å². The Morgan fingerprint density at radius 2 is 2.00 bits per heavy atom. The van der Waals surface area contributed by atoms with Gasteiger partial charge in [-0.25, -0.2) is 4.39 Å². The molecule has 2 aromatic rings. The maximum absolute atomic E-state index is 13.7. The minimum absolute atomic E-state index is 0.0202. The van der Waals surface area contributed by atoms with Gasteiger partial charge in [-0.2, -0.15) is 0 Å². The molecule has 0 unspecified atom stereocenters. The predicted octanol–water partition coefficient (Wildman–Crippen LogP) is 3.25. The summed E-state index contributed by atoms with van der Waals surface area (Å²) >= 11 is 0. The van der Waals surface area contributed by atoms with E-state index >= 15 is 0 Å². The SMILES string of the molecule is CO[C@]1(C)C[C@@H](N(C)C(=O)c2c[nH]c3c(C)cc(F)cc3c2=O)C1(C)C. The van der Waals surface area contributed by atoms with E-state index in [2.05, 4.69) is 18.8 Å². The molecule has 2 atom stereocenters. The molecule has 140 valence electrons. The van der Waals surface area contributed by atoms with Crippen LogP contribution in [0.1, 0.15) is 43.1 Å². The van der Waals surface area contributed by atoms with E-state index in [0.29, 0.717) is 17.5 Å². The second-order valence-corrected chi connectivity index (χ2v) is 7.97. The zero-order valence-corrected chi connectivity index (χ0v) is 16.1. The number of hydrogen-bond donors (Lipinski definition) is 1. The summed E-state index contributed by atoms with van der Waals surface area (Å²) < 4.78 is 19.3. The van der Waals surface area contributed by atoms with E-state index in [9.17, 15) is 14.0 Å². The van der Waals surface area contributed by atoms with Crippen LogP contribution in [0, 0.1) is 18.2 Å². The molecule has 1 aromatic carbocycles. The fraction of sp³-hybridized carbons (Fsp3) is 0.500. The second kappa shape index (κ2) is 5.91. The molecule has 6 heteroatoms. The number of nitrogens with one attached hydrogen (secondary N) is 1. The number of carbonyl (C=O) groups excluding carboxylic acids is 1. The number of pyridine rings is 1. The first-order valence-corrected chi connectivity index (χ1v) is 8.67. The van der Waals surface area contributed by atoms with Gasteiger partial charge in [0.05, 0.1) is 11.1 Å². The molecule has 0 aliphatic heterocycles. The fourth-order valence-corrected chi connectivity index (χ4v) is 4.04. The molecule has 26 heavy (non-hydrogen) atoms. The third-order valence-electron chi connectivity index (χ3n) is 6.40. The molecule has 5 nitrogen and oxygen atoms in total. The number of rotatable bonds is 3. The summed E-state index contributed by atoms with van der Waals surface area (Å²) in [6.45, 7) is 7.85. The fourth-order valence-electron chi connectivity index (χ4n) is 4.04. The van der Waals surface area contributed by atoms with Crippen LogP contribution in [-0.4, -0.2) is 41.6 Å². The van der Waals surface area contributed by atoms with Crippen LogP contribution in [0.25, 0.3) is 10.9 Å². The Balaban J connectivity index is 1.99. The number of hydrogen-bond acceptors (Lipinski definition) is 3. The van der Waals surface area contributed by atoms with E-state index in [0.717, 1.165) is 0 Å². The molecule has 0 saturated heterocycles. The molecule has 1 amide bonds. The van der Waals surface area contributed by atoms with Crippen LogP contribution in [-0.2, 0) is 4.74 Å². The van der Waals surface area contributed by atoms with E-state index in [-0.39, 0.29) is 33.9 Å². The number of halogens is 1. The van der Waals surface area contributed by atoms with Crippen LogP contribution in [0.4, 0.5) is 4.39 Å². The van der Waals surface area contributed by atoms with Crippen molar-refractivity contribution in [3.05, 3.63) is 45.5 Å².